The van der Waals surface area contributed by atoms with Crippen LogP contribution < -0.4 is 15.4 Å². The number of carbonyl (C=O) groups is 3. The van der Waals surface area contributed by atoms with E-state index in [0.29, 0.717) is 35.2 Å². The second-order valence-corrected chi connectivity index (χ2v) is 9.97. The van der Waals surface area contributed by atoms with E-state index < -0.39 is 6.03 Å². The van der Waals surface area contributed by atoms with Gasteiger partial charge in [-0.15, -0.1) is 11.3 Å². The van der Waals surface area contributed by atoms with Crippen LogP contribution in [0.3, 0.4) is 0 Å². The first kappa shape index (κ1) is 26.3. The molecule has 2 N–H and O–H groups in total. The number of esters is 1. The highest BCUT2D eigenvalue weighted by atomic mass is 32.1. The van der Waals surface area contributed by atoms with Crippen LogP contribution in [0.2, 0.25) is 0 Å². The van der Waals surface area contributed by atoms with Crippen LogP contribution in [-0.2, 0) is 22.4 Å². The van der Waals surface area contributed by atoms with E-state index in [0.717, 1.165) is 42.5 Å². The number of aromatic nitrogens is 1. The molecule has 0 radical (unpaired) electrons. The number of Topliss-reactive ketones (excluding diaryl/α,β-unsaturated/α-hetero) is 1. The summed E-state index contributed by atoms with van der Waals surface area (Å²) in [5.41, 5.74) is 3.72. The Hall–Kier alpha value is -3.72. The van der Waals surface area contributed by atoms with Gasteiger partial charge in [0, 0.05) is 23.3 Å². The number of benzene rings is 2. The van der Waals surface area contributed by atoms with Gasteiger partial charge in [-0.25, -0.2) is 9.78 Å². The molecule has 3 aromatic rings. The number of methoxy groups -OCH3 is 1. The van der Waals surface area contributed by atoms with Crippen molar-refractivity contribution in [3.63, 3.8) is 0 Å². The average Bonchev–Trinajstić information content (AvgIpc) is 3.58. The summed E-state index contributed by atoms with van der Waals surface area (Å²) in [7, 11) is 1.37. The smallest absolute Gasteiger partial charge is 0.325 e. The standard InChI is InChI=1S/C28H31N3O5S/c1-18-7-12-24(23(15-18)26(33)20-5-3-4-6-20)30-27(34)31-28-29-21(17-37-28)13-14-36-22-10-8-19(9-11-22)16-25(32)35-2/h7-12,15,17,20H,3-6,13-14,16H2,1-2H3,(H2,29,30,31,34). The van der Waals surface area contributed by atoms with Crippen molar-refractivity contribution in [2.24, 2.45) is 5.92 Å². The molecular formula is C28H31N3O5S. The van der Waals surface area contributed by atoms with E-state index in [1.807, 2.05) is 48.7 Å². The number of ether oxygens (including phenoxy) is 2. The molecular weight excluding hydrogens is 490 g/mol. The zero-order valence-corrected chi connectivity index (χ0v) is 21.9. The van der Waals surface area contributed by atoms with Gasteiger partial charge >= 0.3 is 12.0 Å². The van der Waals surface area contributed by atoms with Crippen LogP contribution in [0.15, 0.2) is 47.8 Å². The summed E-state index contributed by atoms with van der Waals surface area (Å²) < 4.78 is 10.4. The monoisotopic (exact) mass is 521 g/mol. The Morgan fingerprint density at radius 2 is 1.81 bits per heavy atom. The van der Waals surface area contributed by atoms with Crippen LogP contribution in [0.4, 0.5) is 15.6 Å². The third kappa shape index (κ3) is 7.39. The molecule has 0 bridgehead atoms. The lowest BCUT2D eigenvalue weighted by molar-refractivity contribution is -0.139. The highest BCUT2D eigenvalue weighted by Gasteiger charge is 2.26. The van der Waals surface area contributed by atoms with Crippen LogP contribution in [0.5, 0.6) is 5.75 Å². The Morgan fingerprint density at radius 1 is 1.05 bits per heavy atom. The first-order chi connectivity index (χ1) is 17.9. The molecule has 8 nitrogen and oxygen atoms in total. The second-order valence-electron chi connectivity index (χ2n) is 9.11. The Labute approximate surface area is 220 Å². The molecule has 1 aliphatic carbocycles. The average molecular weight is 522 g/mol. The highest BCUT2D eigenvalue weighted by molar-refractivity contribution is 7.13. The quantitative estimate of drug-likeness (QED) is 0.258. The molecule has 4 rings (SSSR count). The molecule has 0 spiro atoms. The lowest BCUT2D eigenvalue weighted by atomic mass is 9.94. The van der Waals surface area contributed by atoms with Gasteiger partial charge < -0.3 is 14.8 Å². The van der Waals surface area contributed by atoms with Crippen LogP contribution >= 0.6 is 11.3 Å². The lowest BCUT2D eigenvalue weighted by Gasteiger charge is -2.14. The normalized spacial score (nSPS) is 13.2. The van der Waals surface area contributed by atoms with Gasteiger partial charge in [-0.05, 0) is 49.6 Å². The number of ketones is 1. The Morgan fingerprint density at radius 3 is 2.54 bits per heavy atom. The molecule has 1 heterocycles. The number of carbonyl (C=O) groups excluding carboxylic acids is 3. The highest BCUT2D eigenvalue weighted by Crippen LogP contribution is 2.31. The summed E-state index contributed by atoms with van der Waals surface area (Å²) >= 11 is 1.33. The van der Waals surface area contributed by atoms with Crippen molar-refractivity contribution < 1.29 is 23.9 Å². The van der Waals surface area contributed by atoms with Gasteiger partial charge in [0.25, 0.3) is 0 Å². The van der Waals surface area contributed by atoms with Crippen molar-refractivity contribution in [3.05, 3.63) is 70.2 Å². The Kier molecular flexibility index (Phi) is 8.90. The fourth-order valence-electron chi connectivity index (χ4n) is 4.32. The molecule has 0 saturated heterocycles. The van der Waals surface area contributed by atoms with E-state index in [9.17, 15) is 14.4 Å². The van der Waals surface area contributed by atoms with Crippen molar-refractivity contribution in [1.82, 2.24) is 4.98 Å². The van der Waals surface area contributed by atoms with E-state index in [1.165, 1.54) is 18.4 Å². The van der Waals surface area contributed by atoms with Crippen molar-refractivity contribution >= 4 is 39.9 Å². The van der Waals surface area contributed by atoms with Gasteiger partial charge in [0.1, 0.15) is 5.75 Å². The van der Waals surface area contributed by atoms with E-state index in [2.05, 4.69) is 20.4 Å². The summed E-state index contributed by atoms with van der Waals surface area (Å²) in [6.45, 7) is 2.36. The molecule has 9 heteroatoms. The molecule has 1 aliphatic rings. The van der Waals surface area contributed by atoms with Gasteiger partial charge in [0.2, 0.25) is 0 Å². The number of hydrogen-bond donors (Lipinski definition) is 2. The minimum atomic E-state index is -0.437. The first-order valence-corrected chi connectivity index (χ1v) is 13.2. The van der Waals surface area contributed by atoms with E-state index >= 15 is 0 Å². The van der Waals surface area contributed by atoms with Crippen LogP contribution in [0.25, 0.3) is 0 Å². The predicted octanol–water partition coefficient (Wildman–Crippen LogP) is 5.81. The number of urea groups is 1. The molecule has 2 amide bonds. The fraction of sp³-hybridized carbons (Fsp3) is 0.357. The largest absolute Gasteiger partial charge is 0.493 e. The molecule has 1 saturated carbocycles. The van der Waals surface area contributed by atoms with Crippen molar-refractivity contribution in [1.29, 1.82) is 0 Å². The van der Waals surface area contributed by atoms with Gasteiger partial charge in [-0.2, -0.15) is 0 Å². The number of anilines is 2. The van der Waals surface area contributed by atoms with Crippen molar-refractivity contribution in [2.75, 3.05) is 24.4 Å². The molecule has 1 fully saturated rings. The van der Waals surface area contributed by atoms with E-state index in [4.69, 9.17) is 4.74 Å². The second kappa shape index (κ2) is 12.5. The number of hydrogen-bond acceptors (Lipinski definition) is 7. The number of thiazole rings is 1. The summed E-state index contributed by atoms with van der Waals surface area (Å²) in [6, 6.07) is 12.4. The minimum absolute atomic E-state index is 0.0342. The lowest BCUT2D eigenvalue weighted by Crippen LogP contribution is -2.22. The molecule has 0 aliphatic heterocycles. The first-order valence-electron chi connectivity index (χ1n) is 12.4. The summed E-state index contributed by atoms with van der Waals surface area (Å²) in [5, 5.41) is 7.93. The Bertz CT molecular complexity index is 1250. The Balaban J connectivity index is 1.27. The molecule has 2 aromatic carbocycles. The summed E-state index contributed by atoms with van der Waals surface area (Å²) in [5.74, 6) is 0.549. The number of amides is 2. The molecule has 37 heavy (non-hydrogen) atoms. The zero-order valence-electron chi connectivity index (χ0n) is 21.0. The number of nitrogens with one attached hydrogen (secondary N) is 2. The number of aryl methyl sites for hydroxylation is 1. The maximum Gasteiger partial charge on any atom is 0.325 e. The minimum Gasteiger partial charge on any atom is -0.493 e. The fourth-order valence-corrected chi connectivity index (χ4v) is 5.06. The number of rotatable bonds is 10. The van der Waals surface area contributed by atoms with Gasteiger partial charge in [0.05, 0.1) is 31.5 Å². The maximum absolute atomic E-state index is 13.0. The van der Waals surface area contributed by atoms with Gasteiger partial charge in [0.15, 0.2) is 10.9 Å². The molecule has 1 aromatic heterocycles. The van der Waals surface area contributed by atoms with E-state index in [-0.39, 0.29) is 24.1 Å². The molecule has 194 valence electrons. The predicted molar refractivity (Wildman–Crippen MR) is 144 cm³/mol. The summed E-state index contributed by atoms with van der Waals surface area (Å²) in [4.78, 5) is 41.5. The molecule has 0 atom stereocenters. The zero-order chi connectivity index (χ0) is 26.2. The van der Waals surface area contributed by atoms with E-state index in [1.54, 1.807) is 6.07 Å². The third-order valence-electron chi connectivity index (χ3n) is 6.31. The van der Waals surface area contributed by atoms with Gasteiger partial charge in [-0.3, -0.25) is 14.9 Å². The summed E-state index contributed by atoms with van der Waals surface area (Å²) in [6.07, 6.45) is 4.76. The van der Waals surface area contributed by atoms with Gasteiger partial charge in [-0.1, -0.05) is 36.6 Å². The topological polar surface area (TPSA) is 107 Å². The van der Waals surface area contributed by atoms with Crippen LogP contribution in [0, 0.1) is 12.8 Å². The SMILES string of the molecule is COC(=O)Cc1ccc(OCCc2csc(NC(=O)Nc3ccc(C)cc3C(=O)C3CCCC3)n2)cc1. The third-order valence-corrected chi connectivity index (χ3v) is 7.12. The molecule has 0 unspecified atom stereocenters. The maximum atomic E-state index is 13.0. The number of nitrogens with zero attached hydrogens (tertiary/aromatic N) is 1. The van der Waals surface area contributed by atoms with Crippen molar-refractivity contribution in [3.8, 4) is 5.75 Å². The van der Waals surface area contributed by atoms with Crippen LogP contribution in [-0.4, -0.2) is 36.5 Å². The van der Waals surface area contributed by atoms with Crippen LogP contribution in [0.1, 0.15) is 52.9 Å². The van der Waals surface area contributed by atoms with Crippen molar-refractivity contribution in [2.45, 2.75) is 45.4 Å².